The molecule has 3 rings (SSSR count). The summed E-state index contributed by atoms with van der Waals surface area (Å²) >= 11 is 0. The molecule has 2 aromatic carbocycles. The zero-order valence-electron chi connectivity index (χ0n) is 16.5. The number of amides is 2. The molecular formula is C22H26FN3O3. The maximum Gasteiger partial charge on any atom is 0.251 e. The predicted molar refractivity (Wildman–Crippen MR) is 108 cm³/mol. The van der Waals surface area contributed by atoms with Gasteiger partial charge in [0.1, 0.15) is 11.6 Å². The van der Waals surface area contributed by atoms with Gasteiger partial charge in [-0.25, -0.2) is 4.39 Å². The number of carbonyl (C=O) groups excluding carboxylic acids is 2. The van der Waals surface area contributed by atoms with Gasteiger partial charge in [-0.1, -0.05) is 18.2 Å². The van der Waals surface area contributed by atoms with E-state index in [1.807, 2.05) is 24.3 Å². The van der Waals surface area contributed by atoms with E-state index in [0.29, 0.717) is 6.54 Å². The smallest absolute Gasteiger partial charge is 0.251 e. The average Bonchev–Trinajstić information content (AvgIpc) is 3.27. The van der Waals surface area contributed by atoms with Crippen LogP contribution in [0.1, 0.15) is 34.8 Å². The highest BCUT2D eigenvalue weighted by molar-refractivity contribution is 5.96. The van der Waals surface area contributed by atoms with Crippen LogP contribution >= 0.6 is 0 Å². The molecule has 1 aliphatic heterocycles. The zero-order valence-corrected chi connectivity index (χ0v) is 16.5. The molecule has 2 amide bonds. The van der Waals surface area contributed by atoms with Crippen LogP contribution in [0.3, 0.4) is 0 Å². The second kappa shape index (κ2) is 10.0. The first-order chi connectivity index (χ1) is 14.1. The van der Waals surface area contributed by atoms with Gasteiger partial charge in [-0.2, -0.15) is 0 Å². The van der Waals surface area contributed by atoms with Crippen molar-refractivity contribution >= 4 is 11.8 Å². The lowest BCUT2D eigenvalue weighted by Crippen LogP contribution is -2.41. The van der Waals surface area contributed by atoms with Crippen molar-refractivity contribution in [3.05, 3.63) is 65.5 Å². The van der Waals surface area contributed by atoms with E-state index < -0.39 is 11.7 Å². The second-order valence-corrected chi connectivity index (χ2v) is 7.03. The van der Waals surface area contributed by atoms with Gasteiger partial charge in [-0.3, -0.25) is 14.5 Å². The quantitative estimate of drug-likeness (QED) is 0.716. The molecule has 6 nitrogen and oxygen atoms in total. The number of carbonyl (C=O) groups is 2. The number of likely N-dealkylation sites (tertiary alicyclic amines) is 1. The Labute approximate surface area is 170 Å². The summed E-state index contributed by atoms with van der Waals surface area (Å²) in [4.78, 5) is 26.7. The Kier molecular flexibility index (Phi) is 7.19. The van der Waals surface area contributed by atoms with E-state index in [-0.39, 0.29) is 24.1 Å². The number of ether oxygens (including phenoxy) is 1. The van der Waals surface area contributed by atoms with Crippen molar-refractivity contribution < 1.29 is 18.7 Å². The van der Waals surface area contributed by atoms with E-state index in [0.717, 1.165) is 43.3 Å². The fourth-order valence-corrected chi connectivity index (χ4v) is 3.50. The monoisotopic (exact) mass is 399 g/mol. The van der Waals surface area contributed by atoms with E-state index in [1.165, 1.54) is 18.2 Å². The predicted octanol–water partition coefficient (Wildman–Crippen LogP) is 2.52. The average molecular weight is 399 g/mol. The summed E-state index contributed by atoms with van der Waals surface area (Å²) in [6.07, 6.45) is 2.29. The zero-order chi connectivity index (χ0) is 20.6. The molecule has 1 unspecified atom stereocenters. The van der Waals surface area contributed by atoms with Gasteiger partial charge in [0.25, 0.3) is 5.91 Å². The van der Waals surface area contributed by atoms with Crippen molar-refractivity contribution in [2.45, 2.75) is 18.9 Å². The Morgan fingerprint density at radius 1 is 1.10 bits per heavy atom. The topological polar surface area (TPSA) is 70.7 Å². The highest BCUT2D eigenvalue weighted by Gasteiger charge is 2.24. The molecule has 1 aliphatic rings. The molecule has 1 fully saturated rings. The van der Waals surface area contributed by atoms with Crippen LogP contribution in [0.15, 0.2) is 48.5 Å². The minimum atomic E-state index is -0.491. The van der Waals surface area contributed by atoms with Gasteiger partial charge >= 0.3 is 0 Å². The van der Waals surface area contributed by atoms with Gasteiger partial charge < -0.3 is 15.4 Å². The molecule has 29 heavy (non-hydrogen) atoms. The van der Waals surface area contributed by atoms with Crippen molar-refractivity contribution in [3.8, 4) is 5.75 Å². The Morgan fingerprint density at radius 2 is 1.83 bits per heavy atom. The highest BCUT2D eigenvalue weighted by atomic mass is 19.1. The van der Waals surface area contributed by atoms with Crippen LogP contribution in [0.25, 0.3) is 0 Å². The number of benzene rings is 2. The molecule has 1 saturated heterocycles. The van der Waals surface area contributed by atoms with Gasteiger partial charge in [0.2, 0.25) is 5.91 Å². The van der Waals surface area contributed by atoms with Crippen LogP contribution in [0, 0.1) is 5.82 Å². The van der Waals surface area contributed by atoms with Gasteiger partial charge in [0.15, 0.2) is 0 Å². The minimum Gasteiger partial charge on any atom is -0.497 e. The third-order valence-corrected chi connectivity index (χ3v) is 5.07. The van der Waals surface area contributed by atoms with Gasteiger partial charge in [-0.05, 0) is 61.8 Å². The van der Waals surface area contributed by atoms with Crippen LogP contribution in [0.4, 0.5) is 4.39 Å². The molecule has 2 aromatic rings. The van der Waals surface area contributed by atoms with E-state index in [9.17, 15) is 14.0 Å². The summed E-state index contributed by atoms with van der Waals surface area (Å²) < 4.78 is 18.4. The SMILES string of the molecule is COc1ccc(C(CNC(=O)CNC(=O)c2cccc(F)c2)N2CCCC2)cc1. The summed E-state index contributed by atoms with van der Waals surface area (Å²) in [6.45, 7) is 2.26. The highest BCUT2D eigenvalue weighted by Crippen LogP contribution is 2.26. The number of hydrogen-bond donors (Lipinski definition) is 2. The molecule has 1 heterocycles. The van der Waals surface area contributed by atoms with Crippen molar-refractivity contribution in [1.82, 2.24) is 15.5 Å². The molecule has 0 aromatic heterocycles. The fourth-order valence-electron chi connectivity index (χ4n) is 3.50. The van der Waals surface area contributed by atoms with Crippen LogP contribution in [-0.4, -0.2) is 50.0 Å². The molecule has 1 atom stereocenters. The molecule has 0 saturated carbocycles. The van der Waals surface area contributed by atoms with Gasteiger partial charge in [0.05, 0.1) is 19.7 Å². The summed E-state index contributed by atoms with van der Waals surface area (Å²) in [6, 6.07) is 13.3. The van der Waals surface area contributed by atoms with Crippen molar-refractivity contribution in [3.63, 3.8) is 0 Å². The maximum atomic E-state index is 13.2. The van der Waals surface area contributed by atoms with Crippen LogP contribution in [0.5, 0.6) is 5.75 Å². The number of halogens is 1. The van der Waals surface area contributed by atoms with E-state index in [1.54, 1.807) is 7.11 Å². The first kappa shape index (κ1) is 20.8. The lowest BCUT2D eigenvalue weighted by atomic mass is 10.1. The third kappa shape index (κ3) is 5.77. The minimum absolute atomic E-state index is 0.0614. The normalized spacial score (nSPS) is 15.0. The molecule has 0 radical (unpaired) electrons. The number of rotatable bonds is 8. The van der Waals surface area contributed by atoms with E-state index >= 15 is 0 Å². The third-order valence-electron chi connectivity index (χ3n) is 5.07. The van der Waals surface area contributed by atoms with Crippen molar-refractivity contribution in [2.24, 2.45) is 0 Å². The second-order valence-electron chi connectivity index (χ2n) is 7.03. The molecule has 0 aliphatic carbocycles. The fraction of sp³-hybridized carbons (Fsp3) is 0.364. The Balaban J connectivity index is 1.55. The first-order valence-corrected chi connectivity index (χ1v) is 9.75. The Bertz CT molecular complexity index is 835. The Morgan fingerprint density at radius 3 is 2.48 bits per heavy atom. The molecule has 0 spiro atoms. The standard InChI is InChI=1S/C22H26FN3O3/c1-29-19-9-7-16(8-10-19)20(26-11-2-3-12-26)14-24-21(27)15-25-22(28)17-5-4-6-18(23)13-17/h4-10,13,20H,2-3,11-12,14-15H2,1H3,(H,24,27)(H,25,28). The summed E-state index contributed by atoms with van der Waals surface area (Å²) in [7, 11) is 1.63. The van der Waals surface area contributed by atoms with Crippen LogP contribution in [-0.2, 0) is 4.79 Å². The summed E-state index contributed by atoms with van der Waals surface area (Å²) in [5.74, 6) is -0.466. The molecule has 2 N–H and O–H groups in total. The number of methoxy groups -OCH3 is 1. The lowest BCUT2D eigenvalue weighted by molar-refractivity contribution is -0.120. The summed E-state index contributed by atoms with van der Waals surface area (Å²) in [5, 5.41) is 5.43. The molecule has 7 heteroatoms. The largest absolute Gasteiger partial charge is 0.497 e. The molecule has 0 bridgehead atoms. The van der Waals surface area contributed by atoms with Gasteiger partial charge in [-0.15, -0.1) is 0 Å². The molecule has 154 valence electrons. The first-order valence-electron chi connectivity index (χ1n) is 9.75. The van der Waals surface area contributed by atoms with Crippen LogP contribution < -0.4 is 15.4 Å². The van der Waals surface area contributed by atoms with Crippen molar-refractivity contribution in [1.29, 1.82) is 0 Å². The lowest BCUT2D eigenvalue weighted by Gasteiger charge is -2.28. The van der Waals surface area contributed by atoms with Gasteiger partial charge in [0, 0.05) is 12.1 Å². The molecular weight excluding hydrogens is 373 g/mol. The number of nitrogens with zero attached hydrogens (tertiary/aromatic N) is 1. The van der Waals surface area contributed by atoms with E-state index in [4.69, 9.17) is 4.74 Å². The number of nitrogens with one attached hydrogen (secondary N) is 2. The van der Waals surface area contributed by atoms with E-state index in [2.05, 4.69) is 15.5 Å². The van der Waals surface area contributed by atoms with Crippen molar-refractivity contribution in [2.75, 3.05) is 33.3 Å². The number of hydrogen-bond acceptors (Lipinski definition) is 4. The maximum absolute atomic E-state index is 13.2. The summed E-state index contributed by atoms with van der Waals surface area (Å²) in [5.41, 5.74) is 1.29. The van der Waals surface area contributed by atoms with Crippen LogP contribution in [0.2, 0.25) is 0 Å². The Hall–Kier alpha value is -2.93.